The Kier molecular flexibility index (Phi) is 5.03. The summed E-state index contributed by atoms with van der Waals surface area (Å²) < 4.78 is 40.7. The number of halogens is 1. The first-order valence-electron chi connectivity index (χ1n) is 9.22. The number of fused-ring (bicyclic) bond motifs is 1. The smallest absolute Gasteiger partial charge is 0.208 e. The third-order valence-electron chi connectivity index (χ3n) is 4.94. The zero-order chi connectivity index (χ0) is 19.7. The minimum Gasteiger partial charge on any atom is -0.366 e. The van der Waals surface area contributed by atoms with Crippen molar-refractivity contribution in [3.63, 3.8) is 0 Å². The van der Waals surface area contributed by atoms with Crippen LogP contribution in [0.1, 0.15) is 25.7 Å². The molecule has 0 amide bonds. The molecule has 0 spiro atoms. The molecule has 1 aromatic carbocycles. The van der Waals surface area contributed by atoms with Crippen molar-refractivity contribution in [3.8, 4) is 11.3 Å². The van der Waals surface area contributed by atoms with Crippen LogP contribution in [0, 0.1) is 5.82 Å². The summed E-state index contributed by atoms with van der Waals surface area (Å²) in [6, 6.07) is 10.3. The van der Waals surface area contributed by atoms with Gasteiger partial charge in [-0.2, -0.15) is 0 Å². The molecule has 2 N–H and O–H groups in total. The Hall–Kier alpha value is -2.52. The second-order valence-electron chi connectivity index (χ2n) is 7.23. The minimum absolute atomic E-state index is 0.00304. The summed E-state index contributed by atoms with van der Waals surface area (Å²) in [5, 5.41) is 8.05. The molecule has 3 aromatic rings. The van der Waals surface area contributed by atoms with Gasteiger partial charge < -0.3 is 5.32 Å². The van der Waals surface area contributed by atoms with Crippen LogP contribution in [0.4, 0.5) is 10.2 Å². The molecule has 1 aliphatic carbocycles. The number of hydrogen-bond donors (Lipinski definition) is 2. The maximum Gasteiger partial charge on any atom is 0.208 e. The third-order valence-corrected chi connectivity index (χ3v) is 5.70. The molecule has 0 radical (unpaired) electrons. The van der Waals surface area contributed by atoms with E-state index in [1.54, 1.807) is 16.8 Å². The van der Waals surface area contributed by atoms with Gasteiger partial charge in [-0.15, -0.1) is 5.10 Å². The van der Waals surface area contributed by atoms with Crippen LogP contribution in [0.5, 0.6) is 0 Å². The number of imidazole rings is 1. The predicted octanol–water partition coefficient (Wildman–Crippen LogP) is 2.81. The number of nitrogens with zero attached hydrogens (tertiary/aromatic N) is 3. The van der Waals surface area contributed by atoms with Crippen molar-refractivity contribution in [2.24, 2.45) is 0 Å². The van der Waals surface area contributed by atoms with Crippen molar-refractivity contribution in [2.75, 3.05) is 11.6 Å². The molecule has 28 heavy (non-hydrogen) atoms. The fourth-order valence-electron chi connectivity index (χ4n) is 3.66. The lowest BCUT2D eigenvalue weighted by Gasteiger charge is -2.29. The van der Waals surface area contributed by atoms with Crippen LogP contribution < -0.4 is 10.0 Å². The SMILES string of the molecule is CS(=O)(=O)N[C@H]1CC[C@H](Nc2ccc3ncc(-c4cccc(F)c4)n3n2)CC1. The first-order chi connectivity index (χ1) is 13.4. The molecule has 0 bridgehead atoms. The summed E-state index contributed by atoms with van der Waals surface area (Å²) in [5.74, 6) is 0.406. The fourth-order valence-corrected chi connectivity index (χ4v) is 4.50. The van der Waals surface area contributed by atoms with E-state index in [1.807, 2.05) is 18.2 Å². The van der Waals surface area contributed by atoms with Gasteiger partial charge in [-0.25, -0.2) is 27.0 Å². The van der Waals surface area contributed by atoms with E-state index in [9.17, 15) is 12.8 Å². The predicted molar refractivity (Wildman–Crippen MR) is 106 cm³/mol. The number of aromatic nitrogens is 3. The third kappa shape index (κ3) is 4.31. The van der Waals surface area contributed by atoms with Crippen LogP contribution in [0.3, 0.4) is 0 Å². The number of hydrogen-bond acceptors (Lipinski definition) is 5. The Labute approximate surface area is 163 Å². The Morgan fingerprint density at radius 2 is 1.86 bits per heavy atom. The van der Waals surface area contributed by atoms with Gasteiger partial charge in [0.2, 0.25) is 10.0 Å². The standard InChI is InChI=1S/C19H22FN5O2S/c1-28(26,27)24-16-7-5-15(6-8-16)22-18-9-10-19-21-12-17(25(19)23-18)13-3-2-4-14(20)11-13/h2-4,9-12,15-16,24H,5-8H2,1H3,(H,22,23)/t15-,16-. The maximum absolute atomic E-state index is 13.6. The first kappa shape index (κ1) is 18.8. The topological polar surface area (TPSA) is 88.4 Å². The summed E-state index contributed by atoms with van der Waals surface area (Å²) in [5.41, 5.74) is 2.12. The normalized spacial score (nSPS) is 20.4. The van der Waals surface area contributed by atoms with Gasteiger partial charge in [0, 0.05) is 17.6 Å². The highest BCUT2D eigenvalue weighted by Gasteiger charge is 2.23. The van der Waals surface area contributed by atoms with Crippen LogP contribution in [-0.4, -0.2) is 41.4 Å². The van der Waals surface area contributed by atoms with E-state index in [-0.39, 0.29) is 17.9 Å². The van der Waals surface area contributed by atoms with Crippen molar-refractivity contribution in [3.05, 3.63) is 48.4 Å². The average molecular weight is 403 g/mol. The van der Waals surface area contributed by atoms with Crippen LogP contribution >= 0.6 is 0 Å². The Morgan fingerprint density at radius 3 is 2.57 bits per heavy atom. The molecule has 9 heteroatoms. The zero-order valence-corrected chi connectivity index (χ0v) is 16.3. The first-order valence-corrected chi connectivity index (χ1v) is 11.1. The van der Waals surface area contributed by atoms with Gasteiger partial charge in [0.1, 0.15) is 11.6 Å². The van der Waals surface area contributed by atoms with Gasteiger partial charge in [-0.05, 0) is 49.9 Å². The molecule has 0 saturated heterocycles. The molecule has 1 saturated carbocycles. The molecule has 0 atom stereocenters. The van der Waals surface area contributed by atoms with Crippen LogP contribution in [0.15, 0.2) is 42.6 Å². The highest BCUT2D eigenvalue weighted by atomic mass is 32.2. The van der Waals surface area contributed by atoms with Crippen LogP contribution in [0.25, 0.3) is 16.9 Å². The molecule has 1 aliphatic rings. The summed E-state index contributed by atoms with van der Waals surface area (Å²) in [4.78, 5) is 4.34. The summed E-state index contributed by atoms with van der Waals surface area (Å²) in [7, 11) is -3.17. The number of anilines is 1. The van der Waals surface area contributed by atoms with Gasteiger partial charge in [0.05, 0.1) is 18.1 Å². The van der Waals surface area contributed by atoms with Crippen molar-refractivity contribution in [2.45, 2.75) is 37.8 Å². The molecule has 7 nitrogen and oxygen atoms in total. The van der Waals surface area contributed by atoms with Gasteiger partial charge in [0.15, 0.2) is 5.65 Å². The Morgan fingerprint density at radius 1 is 1.11 bits per heavy atom. The molecule has 0 unspecified atom stereocenters. The number of sulfonamides is 1. The van der Waals surface area contributed by atoms with E-state index in [0.717, 1.165) is 31.4 Å². The molecule has 4 rings (SSSR count). The van der Waals surface area contributed by atoms with Crippen LogP contribution in [0.2, 0.25) is 0 Å². The molecule has 148 valence electrons. The van der Waals surface area contributed by atoms with Gasteiger partial charge in [-0.1, -0.05) is 12.1 Å². The molecular formula is C19H22FN5O2S. The Balaban J connectivity index is 1.49. The quantitative estimate of drug-likeness (QED) is 0.684. The lowest BCUT2D eigenvalue weighted by molar-refractivity contribution is 0.387. The maximum atomic E-state index is 13.6. The highest BCUT2D eigenvalue weighted by molar-refractivity contribution is 7.88. The second-order valence-corrected chi connectivity index (χ2v) is 9.01. The van der Waals surface area contributed by atoms with Crippen molar-refractivity contribution < 1.29 is 12.8 Å². The van der Waals surface area contributed by atoms with Crippen molar-refractivity contribution >= 4 is 21.5 Å². The van der Waals surface area contributed by atoms with Gasteiger partial charge in [-0.3, -0.25) is 0 Å². The van der Waals surface area contributed by atoms with Crippen LogP contribution in [-0.2, 0) is 10.0 Å². The molecule has 0 aliphatic heterocycles. The lowest BCUT2D eigenvalue weighted by Crippen LogP contribution is -2.39. The van der Waals surface area contributed by atoms with E-state index >= 15 is 0 Å². The van der Waals surface area contributed by atoms with E-state index in [0.29, 0.717) is 17.0 Å². The highest BCUT2D eigenvalue weighted by Crippen LogP contribution is 2.24. The number of benzene rings is 1. The summed E-state index contributed by atoms with van der Waals surface area (Å²) in [6.07, 6.45) is 6.15. The van der Waals surface area contributed by atoms with E-state index < -0.39 is 10.0 Å². The van der Waals surface area contributed by atoms with E-state index in [1.165, 1.54) is 18.4 Å². The van der Waals surface area contributed by atoms with Gasteiger partial charge in [0.25, 0.3) is 0 Å². The van der Waals surface area contributed by atoms with Gasteiger partial charge >= 0.3 is 0 Å². The van der Waals surface area contributed by atoms with Crippen molar-refractivity contribution in [1.82, 2.24) is 19.3 Å². The zero-order valence-electron chi connectivity index (χ0n) is 15.5. The molecular weight excluding hydrogens is 381 g/mol. The average Bonchev–Trinajstić information content (AvgIpc) is 3.05. The molecule has 1 fully saturated rings. The second kappa shape index (κ2) is 7.48. The number of nitrogens with one attached hydrogen (secondary N) is 2. The van der Waals surface area contributed by atoms with Crippen molar-refractivity contribution in [1.29, 1.82) is 0 Å². The van der Waals surface area contributed by atoms with E-state index in [4.69, 9.17) is 0 Å². The van der Waals surface area contributed by atoms with E-state index in [2.05, 4.69) is 20.1 Å². The number of rotatable bonds is 5. The largest absolute Gasteiger partial charge is 0.366 e. The minimum atomic E-state index is -3.17. The fraction of sp³-hybridized carbons (Fsp3) is 0.368. The lowest BCUT2D eigenvalue weighted by atomic mass is 9.92. The monoisotopic (exact) mass is 403 g/mol. The summed E-state index contributed by atoms with van der Waals surface area (Å²) >= 11 is 0. The molecule has 2 aromatic heterocycles. The molecule has 2 heterocycles. The Bertz CT molecular complexity index is 1090. The summed E-state index contributed by atoms with van der Waals surface area (Å²) in [6.45, 7) is 0.